The molecule has 0 fully saturated rings. The predicted molar refractivity (Wildman–Crippen MR) is 70.6 cm³/mol. The zero-order chi connectivity index (χ0) is 15.1. The van der Waals surface area contributed by atoms with Crippen molar-refractivity contribution in [1.29, 1.82) is 0 Å². The number of carbonyl (C=O) groups excluding carboxylic acids is 3. The second kappa shape index (κ2) is 4.71. The fourth-order valence-electron chi connectivity index (χ4n) is 1.94. The van der Waals surface area contributed by atoms with E-state index in [2.05, 4.69) is 5.10 Å². The summed E-state index contributed by atoms with van der Waals surface area (Å²) in [5.41, 5.74) is 0.343. The highest BCUT2D eigenvalue weighted by Crippen LogP contribution is 2.24. The van der Waals surface area contributed by atoms with Gasteiger partial charge in [-0.05, 0) is 12.1 Å². The van der Waals surface area contributed by atoms with E-state index in [1.807, 2.05) is 0 Å². The van der Waals surface area contributed by atoms with Gasteiger partial charge in [0.25, 0.3) is 11.8 Å². The molecule has 1 aliphatic rings. The van der Waals surface area contributed by atoms with Crippen LogP contribution in [0.2, 0.25) is 5.15 Å². The lowest BCUT2D eigenvalue weighted by molar-refractivity contribution is -0.0584. The number of carbonyl (C=O) groups is 3. The molecule has 3 rings (SSSR count). The molecule has 7 nitrogen and oxygen atoms in total. The standard InChI is InChI=1S/C13H8ClN3O4/c1-16-10(14)9(6-15-16)13(20)21-17-11(18)7-4-2-3-5-8(7)12(17)19/h2-6H,1H3. The van der Waals surface area contributed by atoms with Gasteiger partial charge in [-0.25, -0.2) is 4.79 Å². The zero-order valence-electron chi connectivity index (χ0n) is 10.7. The summed E-state index contributed by atoms with van der Waals surface area (Å²) in [6, 6.07) is 6.21. The Kier molecular flexibility index (Phi) is 2.99. The Labute approximate surface area is 123 Å². The van der Waals surface area contributed by atoms with E-state index in [9.17, 15) is 14.4 Å². The molecule has 2 amide bonds. The maximum Gasteiger partial charge on any atom is 0.368 e. The summed E-state index contributed by atoms with van der Waals surface area (Å²) in [4.78, 5) is 40.9. The molecule has 21 heavy (non-hydrogen) atoms. The minimum atomic E-state index is -0.928. The van der Waals surface area contributed by atoms with Crippen molar-refractivity contribution in [2.45, 2.75) is 0 Å². The van der Waals surface area contributed by atoms with Crippen molar-refractivity contribution in [3.63, 3.8) is 0 Å². The van der Waals surface area contributed by atoms with Crippen LogP contribution in [-0.2, 0) is 11.9 Å². The van der Waals surface area contributed by atoms with Gasteiger partial charge in [0.1, 0.15) is 10.7 Å². The molecule has 1 aromatic heterocycles. The predicted octanol–water partition coefficient (Wildman–Crippen LogP) is 1.44. The second-order valence-electron chi connectivity index (χ2n) is 4.30. The van der Waals surface area contributed by atoms with Crippen molar-refractivity contribution in [1.82, 2.24) is 14.8 Å². The number of hydroxylamine groups is 2. The number of amides is 2. The van der Waals surface area contributed by atoms with Crippen molar-refractivity contribution >= 4 is 29.4 Å². The van der Waals surface area contributed by atoms with Gasteiger partial charge in [0.2, 0.25) is 0 Å². The molecule has 0 saturated heterocycles. The van der Waals surface area contributed by atoms with Gasteiger partial charge in [0.05, 0.1) is 17.3 Å². The van der Waals surface area contributed by atoms with Gasteiger partial charge in [-0.3, -0.25) is 14.3 Å². The average molecular weight is 306 g/mol. The lowest BCUT2D eigenvalue weighted by Gasteiger charge is -2.11. The summed E-state index contributed by atoms with van der Waals surface area (Å²) in [6.45, 7) is 0. The van der Waals surface area contributed by atoms with Gasteiger partial charge in [0, 0.05) is 7.05 Å². The summed E-state index contributed by atoms with van der Waals surface area (Å²) in [5.74, 6) is -2.31. The van der Waals surface area contributed by atoms with E-state index in [4.69, 9.17) is 16.4 Å². The van der Waals surface area contributed by atoms with Crippen LogP contribution < -0.4 is 0 Å². The number of hydrogen-bond donors (Lipinski definition) is 0. The van der Waals surface area contributed by atoms with E-state index < -0.39 is 17.8 Å². The van der Waals surface area contributed by atoms with Crippen LogP contribution in [-0.4, -0.2) is 32.6 Å². The summed E-state index contributed by atoms with van der Waals surface area (Å²) in [7, 11) is 1.54. The molecule has 0 saturated carbocycles. The van der Waals surface area contributed by atoms with Crippen LogP contribution in [0.3, 0.4) is 0 Å². The number of benzene rings is 1. The first kappa shape index (κ1) is 13.3. The van der Waals surface area contributed by atoms with E-state index in [-0.39, 0.29) is 21.8 Å². The van der Waals surface area contributed by atoms with Crippen molar-refractivity contribution < 1.29 is 19.2 Å². The smallest absolute Gasteiger partial charge is 0.324 e. The first-order valence-electron chi connectivity index (χ1n) is 5.88. The Morgan fingerprint density at radius 1 is 1.19 bits per heavy atom. The molecular weight excluding hydrogens is 298 g/mol. The average Bonchev–Trinajstić information content (AvgIpc) is 2.93. The first-order valence-corrected chi connectivity index (χ1v) is 6.26. The monoisotopic (exact) mass is 305 g/mol. The van der Waals surface area contributed by atoms with Crippen molar-refractivity contribution in [2.75, 3.05) is 0 Å². The lowest BCUT2D eigenvalue weighted by Crippen LogP contribution is -2.32. The van der Waals surface area contributed by atoms with Crippen molar-refractivity contribution in [3.8, 4) is 0 Å². The molecule has 0 aliphatic carbocycles. The quantitative estimate of drug-likeness (QED) is 0.784. The lowest BCUT2D eigenvalue weighted by atomic mass is 10.1. The fraction of sp³-hybridized carbons (Fsp3) is 0.0769. The van der Waals surface area contributed by atoms with Gasteiger partial charge in [-0.2, -0.15) is 5.10 Å². The highest BCUT2D eigenvalue weighted by Gasteiger charge is 2.39. The Bertz CT molecular complexity index is 748. The summed E-state index contributed by atoms with van der Waals surface area (Å²) < 4.78 is 1.26. The highest BCUT2D eigenvalue weighted by atomic mass is 35.5. The topological polar surface area (TPSA) is 81.5 Å². The zero-order valence-corrected chi connectivity index (χ0v) is 11.5. The number of aryl methyl sites for hydroxylation is 1. The van der Waals surface area contributed by atoms with Crippen LogP contribution in [0.5, 0.6) is 0 Å². The largest absolute Gasteiger partial charge is 0.368 e. The Hall–Kier alpha value is -2.67. The first-order chi connectivity index (χ1) is 10.0. The summed E-state index contributed by atoms with van der Waals surface area (Å²) in [6.07, 6.45) is 1.20. The van der Waals surface area contributed by atoms with E-state index in [1.54, 1.807) is 19.2 Å². The van der Waals surface area contributed by atoms with E-state index in [0.717, 1.165) is 0 Å². The number of aromatic nitrogens is 2. The number of fused-ring (bicyclic) bond motifs is 1. The van der Waals surface area contributed by atoms with Crippen LogP contribution in [0, 0.1) is 0 Å². The van der Waals surface area contributed by atoms with Crippen LogP contribution in [0.4, 0.5) is 0 Å². The minimum absolute atomic E-state index is 0.0317. The Morgan fingerprint density at radius 2 is 1.76 bits per heavy atom. The number of halogens is 1. The molecule has 8 heteroatoms. The molecule has 0 atom stereocenters. The number of hydrogen-bond acceptors (Lipinski definition) is 5. The van der Waals surface area contributed by atoms with Crippen LogP contribution in [0.15, 0.2) is 30.5 Å². The number of imide groups is 1. The summed E-state index contributed by atoms with van der Waals surface area (Å²) >= 11 is 5.86. The molecule has 0 spiro atoms. The van der Waals surface area contributed by atoms with Crippen molar-refractivity contribution in [3.05, 3.63) is 52.3 Å². The van der Waals surface area contributed by atoms with Crippen LogP contribution in [0.25, 0.3) is 0 Å². The van der Waals surface area contributed by atoms with Crippen LogP contribution in [0.1, 0.15) is 31.1 Å². The molecule has 106 valence electrons. The molecule has 1 aliphatic heterocycles. The molecule has 0 N–H and O–H groups in total. The third-order valence-corrected chi connectivity index (χ3v) is 3.47. The van der Waals surface area contributed by atoms with E-state index in [1.165, 1.54) is 23.0 Å². The molecule has 0 radical (unpaired) electrons. The third kappa shape index (κ3) is 1.98. The van der Waals surface area contributed by atoms with E-state index >= 15 is 0 Å². The van der Waals surface area contributed by atoms with Gasteiger partial charge in [-0.15, -0.1) is 0 Å². The molecule has 2 heterocycles. The normalized spacial score (nSPS) is 13.5. The second-order valence-corrected chi connectivity index (χ2v) is 4.66. The summed E-state index contributed by atoms with van der Waals surface area (Å²) in [5, 5.41) is 4.26. The number of nitrogens with zero attached hydrogens (tertiary/aromatic N) is 3. The molecule has 0 bridgehead atoms. The maximum atomic E-state index is 12.0. The van der Waals surface area contributed by atoms with Gasteiger partial charge < -0.3 is 4.84 Å². The third-order valence-electron chi connectivity index (χ3n) is 3.02. The van der Waals surface area contributed by atoms with E-state index in [0.29, 0.717) is 5.06 Å². The minimum Gasteiger partial charge on any atom is -0.324 e. The molecule has 2 aromatic rings. The fourth-order valence-corrected chi connectivity index (χ4v) is 2.11. The van der Waals surface area contributed by atoms with Gasteiger partial charge in [0.15, 0.2) is 0 Å². The van der Waals surface area contributed by atoms with Crippen LogP contribution >= 0.6 is 11.6 Å². The van der Waals surface area contributed by atoms with Gasteiger partial charge in [-0.1, -0.05) is 28.8 Å². The Morgan fingerprint density at radius 3 is 2.24 bits per heavy atom. The van der Waals surface area contributed by atoms with Gasteiger partial charge >= 0.3 is 5.97 Å². The van der Waals surface area contributed by atoms with Crippen molar-refractivity contribution in [2.24, 2.45) is 7.05 Å². The SMILES string of the molecule is Cn1ncc(C(=O)ON2C(=O)c3ccccc3C2=O)c1Cl. The number of rotatable bonds is 2. The Balaban J connectivity index is 1.87. The molecule has 1 aromatic carbocycles. The maximum absolute atomic E-state index is 12.0. The molecule has 0 unspecified atom stereocenters. The molecular formula is C13H8ClN3O4. The highest BCUT2D eigenvalue weighted by molar-refractivity contribution is 6.32.